The Kier molecular flexibility index (Phi) is 5.20. The van der Waals surface area contributed by atoms with Gasteiger partial charge in [0.05, 0.1) is 5.56 Å². The van der Waals surface area contributed by atoms with Crippen molar-refractivity contribution in [3.63, 3.8) is 0 Å². The van der Waals surface area contributed by atoms with E-state index >= 15 is 0 Å². The highest BCUT2D eigenvalue weighted by atomic mass is 19.1. The van der Waals surface area contributed by atoms with Crippen LogP contribution in [0.15, 0.2) is 42.7 Å². The van der Waals surface area contributed by atoms with Gasteiger partial charge in [0.1, 0.15) is 5.82 Å². The van der Waals surface area contributed by atoms with Crippen LogP contribution in [0, 0.1) is 18.7 Å². The number of hydrogen-bond acceptors (Lipinski definition) is 3. The molecule has 4 nitrogen and oxygen atoms in total. The van der Waals surface area contributed by atoms with E-state index in [0.717, 1.165) is 30.6 Å². The molecule has 24 heavy (non-hydrogen) atoms. The van der Waals surface area contributed by atoms with Gasteiger partial charge in [0.25, 0.3) is 5.91 Å². The first-order valence-corrected chi connectivity index (χ1v) is 8.27. The van der Waals surface area contributed by atoms with Crippen LogP contribution in [0.2, 0.25) is 0 Å². The maximum absolute atomic E-state index is 13.7. The normalized spacial score (nSPS) is 17.8. The number of amides is 1. The molecule has 0 spiro atoms. The minimum absolute atomic E-state index is 0.0845. The van der Waals surface area contributed by atoms with Gasteiger partial charge in [-0.05, 0) is 43.5 Å². The lowest BCUT2D eigenvalue weighted by molar-refractivity contribution is 0.0947. The molecule has 1 fully saturated rings. The van der Waals surface area contributed by atoms with Crippen molar-refractivity contribution in [1.29, 1.82) is 0 Å². The van der Waals surface area contributed by atoms with Crippen molar-refractivity contribution < 1.29 is 9.18 Å². The van der Waals surface area contributed by atoms with Crippen LogP contribution in [-0.2, 0) is 6.54 Å². The van der Waals surface area contributed by atoms with E-state index in [0.29, 0.717) is 24.6 Å². The van der Waals surface area contributed by atoms with Crippen LogP contribution in [0.1, 0.15) is 27.9 Å². The molecule has 2 heterocycles. The molecule has 1 amide bonds. The number of aryl methyl sites for hydroxylation is 1. The number of halogens is 1. The van der Waals surface area contributed by atoms with Gasteiger partial charge in [-0.3, -0.25) is 14.7 Å². The van der Waals surface area contributed by atoms with Gasteiger partial charge in [-0.1, -0.05) is 18.2 Å². The van der Waals surface area contributed by atoms with Gasteiger partial charge in [-0.15, -0.1) is 0 Å². The summed E-state index contributed by atoms with van der Waals surface area (Å²) in [7, 11) is 0. The molecule has 1 aromatic carbocycles. The van der Waals surface area contributed by atoms with Crippen molar-refractivity contribution in [2.24, 2.45) is 5.92 Å². The van der Waals surface area contributed by atoms with E-state index in [1.165, 1.54) is 6.07 Å². The summed E-state index contributed by atoms with van der Waals surface area (Å²) in [4.78, 5) is 18.4. The van der Waals surface area contributed by atoms with Gasteiger partial charge < -0.3 is 5.32 Å². The Labute approximate surface area is 141 Å². The van der Waals surface area contributed by atoms with Crippen molar-refractivity contribution in [1.82, 2.24) is 15.2 Å². The number of hydrogen-bond donors (Lipinski definition) is 1. The third-order valence-electron chi connectivity index (χ3n) is 4.41. The van der Waals surface area contributed by atoms with Crippen LogP contribution in [0.3, 0.4) is 0 Å². The van der Waals surface area contributed by atoms with Crippen LogP contribution in [-0.4, -0.2) is 35.4 Å². The first kappa shape index (κ1) is 16.6. The highest BCUT2D eigenvalue weighted by Crippen LogP contribution is 2.19. The van der Waals surface area contributed by atoms with Gasteiger partial charge in [0, 0.05) is 37.6 Å². The fraction of sp³-hybridized carbons (Fsp3) is 0.368. The lowest BCUT2D eigenvalue weighted by atomic mass is 10.1. The van der Waals surface area contributed by atoms with Crippen LogP contribution < -0.4 is 5.32 Å². The predicted octanol–water partition coefficient (Wildman–Crippen LogP) is 2.78. The molecule has 1 aliphatic heterocycles. The molecular weight excluding hydrogens is 305 g/mol. The summed E-state index contributed by atoms with van der Waals surface area (Å²) in [6, 6.07) is 8.74. The van der Waals surface area contributed by atoms with Crippen LogP contribution in [0.25, 0.3) is 0 Å². The van der Waals surface area contributed by atoms with Crippen molar-refractivity contribution in [2.45, 2.75) is 19.9 Å². The highest BCUT2D eigenvalue weighted by molar-refractivity contribution is 5.93. The zero-order valence-corrected chi connectivity index (χ0v) is 13.8. The SMILES string of the molecule is Cc1cncc(C(=O)NC[C@@H]2CCN(Cc3ccccc3F)C2)c1. The predicted molar refractivity (Wildman–Crippen MR) is 91.1 cm³/mol. The number of nitrogens with one attached hydrogen (secondary N) is 1. The van der Waals surface area contributed by atoms with Crippen molar-refractivity contribution >= 4 is 5.91 Å². The number of nitrogens with zero attached hydrogens (tertiary/aromatic N) is 2. The van der Waals surface area contributed by atoms with E-state index in [1.54, 1.807) is 18.5 Å². The molecule has 0 aliphatic carbocycles. The van der Waals surface area contributed by atoms with Gasteiger partial charge >= 0.3 is 0 Å². The Morgan fingerprint density at radius 1 is 1.38 bits per heavy atom. The average Bonchev–Trinajstić information content (AvgIpc) is 3.02. The van der Waals surface area contributed by atoms with Gasteiger partial charge in [-0.2, -0.15) is 0 Å². The largest absolute Gasteiger partial charge is 0.352 e. The second-order valence-corrected chi connectivity index (χ2v) is 6.44. The second kappa shape index (κ2) is 7.53. The quantitative estimate of drug-likeness (QED) is 0.918. The standard InChI is InChI=1S/C19H22FN3O/c1-14-8-17(11-21-9-14)19(24)22-10-15-6-7-23(12-15)13-16-4-2-3-5-18(16)20/h2-5,8-9,11,15H,6-7,10,12-13H2,1H3,(H,22,24)/t15-/m0/s1. The fourth-order valence-electron chi connectivity index (χ4n) is 3.11. The smallest absolute Gasteiger partial charge is 0.252 e. The minimum atomic E-state index is -0.152. The molecule has 1 saturated heterocycles. The number of rotatable bonds is 5. The third-order valence-corrected chi connectivity index (χ3v) is 4.41. The van der Waals surface area contributed by atoms with Crippen molar-refractivity contribution in [3.05, 3.63) is 65.2 Å². The van der Waals surface area contributed by atoms with Crippen LogP contribution >= 0.6 is 0 Å². The number of carbonyl (C=O) groups excluding carboxylic acids is 1. The van der Waals surface area contributed by atoms with E-state index in [2.05, 4.69) is 15.2 Å². The van der Waals surface area contributed by atoms with E-state index in [4.69, 9.17) is 0 Å². The Morgan fingerprint density at radius 3 is 3.00 bits per heavy atom. The number of pyridine rings is 1. The lowest BCUT2D eigenvalue weighted by Crippen LogP contribution is -2.31. The fourth-order valence-corrected chi connectivity index (χ4v) is 3.11. The Morgan fingerprint density at radius 2 is 2.21 bits per heavy atom. The number of aromatic nitrogens is 1. The first-order chi connectivity index (χ1) is 11.6. The summed E-state index contributed by atoms with van der Waals surface area (Å²) in [6.45, 7) is 4.99. The topological polar surface area (TPSA) is 45.2 Å². The number of carbonyl (C=O) groups is 1. The van der Waals surface area contributed by atoms with E-state index < -0.39 is 0 Å². The molecule has 0 radical (unpaired) electrons. The summed E-state index contributed by atoms with van der Waals surface area (Å²) in [5.74, 6) is 0.165. The Balaban J connectivity index is 1.48. The maximum Gasteiger partial charge on any atom is 0.252 e. The second-order valence-electron chi connectivity index (χ2n) is 6.44. The van der Waals surface area contributed by atoms with E-state index in [1.807, 2.05) is 25.1 Å². The van der Waals surface area contributed by atoms with Crippen LogP contribution in [0.5, 0.6) is 0 Å². The van der Waals surface area contributed by atoms with Gasteiger partial charge in [0.15, 0.2) is 0 Å². The lowest BCUT2D eigenvalue weighted by Gasteiger charge is -2.17. The Hall–Kier alpha value is -2.27. The molecule has 2 aromatic rings. The molecule has 1 aromatic heterocycles. The highest BCUT2D eigenvalue weighted by Gasteiger charge is 2.23. The summed E-state index contributed by atoms with van der Waals surface area (Å²) in [5.41, 5.74) is 2.30. The third kappa shape index (κ3) is 4.17. The molecular formula is C19H22FN3O. The monoisotopic (exact) mass is 327 g/mol. The van der Waals surface area contributed by atoms with Crippen LogP contribution in [0.4, 0.5) is 4.39 Å². The minimum Gasteiger partial charge on any atom is -0.352 e. The summed E-state index contributed by atoms with van der Waals surface area (Å²) in [5, 5.41) is 2.98. The maximum atomic E-state index is 13.7. The molecule has 1 N–H and O–H groups in total. The Bertz CT molecular complexity index is 719. The summed E-state index contributed by atoms with van der Waals surface area (Å²) >= 11 is 0. The molecule has 1 atom stereocenters. The number of benzene rings is 1. The molecule has 5 heteroatoms. The van der Waals surface area contributed by atoms with Gasteiger partial charge in [0.2, 0.25) is 0 Å². The zero-order chi connectivity index (χ0) is 16.9. The summed E-state index contributed by atoms with van der Waals surface area (Å²) in [6.07, 6.45) is 4.33. The molecule has 3 rings (SSSR count). The first-order valence-electron chi connectivity index (χ1n) is 8.27. The van der Waals surface area contributed by atoms with Crippen molar-refractivity contribution in [2.75, 3.05) is 19.6 Å². The van der Waals surface area contributed by atoms with E-state index in [-0.39, 0.29) is 11.7 Å². The van der Waals surface area contributed by atoms with Crippen molar-refractivity contribution in [3.8, 4) is 0 Å². The number of likely N-dealkylation sites (tertiary alicyclic amines) is 1. The molecule has 0 unspecified atom stereocenters. The molecule has 1 aliphatic rings. The molecule has 126 valence electrons. The molecule has 0 bridgehead atoms. The van der Waals surface area contributed by atoms with E-state index in [9.17, 15) is 9.18 Å². The molecule has 0 saturated carbocycles. The summed E-state index contributed by atoms with van der Waals surface area (Å²) < 4.78 is 13.7. The average molecular weight is 327 g/mol. The van der Waals surface area contributed by atoms with Gasteiger partial charge in [-0.25, -0.2) is 4.39 Å². The zero-order valence-electron chi connectivity index (χ0n) is 13.8.